The van der Waals surface area contributed by atoms with E-state index < -0.39 is 8.07 Å². The van der Waals surface area contributed by atoms with Crippen LogP contribution in [0.4, 0.5) is 4.39 Å². The topological polar surface area (TPSA) is 25.8 Å². The molecule has 0 saturated heterocycles. The van der Waals surface area contributed by atoms with Gasteiger partial charge in [0, 0.05) is 37.2 Å². The first-order valence-corrected chi connectivity index (χ1v) is 23.5. The number of hydrogen-bond acceptors (Lipinski definition) is 3. The van der Waals surface area contributed by atoms with Gasteiger partial charge in [0.1, 0.15) is 5.82 Å². The van der Waals surface area contributed by atoms with Crippen LogP contribution in [0.1, 0.15) is 45.7 Å². The molecule has 0 N–H and O–H groups in total. The van der Waals surface area contributed by atoms with Crippen LogP contribution in [0.5, 0.6) is 0 Å². The zero-order valence-corrected chi connectivity index (χ0v) is 37.8. The average molecular weight is 949 g/mol. The van der Waals surface area contributed by atoms with E-state index in [1.54, 1.807) is 23.5 Å². The molecule has 5 aromatic carbocycles. The molecule has 3 aromatic heterocycles. The van der Waals surface area contributed by atoms with Gasteiger partial charge in [-0.1, -0.05) is 137 Å². The molecule has 0 aliphatic heterocycles. The van der Waals surface area contributed by atoms with Gasteiger partial charge in [-0.25, -0.2) is 4.39 Å². The standard InChI is InChI=1S/C28H23FNS.C22H26NSi.Ir/c1-28(2,3)17-18-11-12-30-25(13-18)21-8-10-26-24(15-21)23-9-7-20(16-27(23)31-26)19-5-4-6-22(29)14-19;1-16(2)13-18-14-21(23-15-22(18)24(3,4)5)20-12-8-10-17-9-6-7-11-19(17)20;/h4-7,9-16H,17H2,1-3H3;6-11,14-16H,13H2,1-5H3;/q2*-1;. The van der Waals surface area contributed by atoms with Crippen molar-refractivity contribution in [3.8, 4) is 33.6 Å². The van der Waals surface area contributed by atoms with E-state index in [-0.39, 0.29) is 31.3 Å². The summed E-state index contributed by atoms with van der Waals surface area (Å²) < 4.78 is 16.0. The fourth-order valence-electron chi connectivity index (χ4n) is 7.35. The number of thiophene rings is 1. The largest absolute Gasteiger partial charge is 0.305 e. The second-order valence-corrected chi connectivity index (χ2v) is 23.4. The molecule has 8 aromatic rings. The summed E-state index contributed by atoms with van der Waals surface area (Å²) in [5.41, 5.74) is 9.04. The number of benzene rings is 5. The Bertz CT molecular complexity index is 2630. The second-order valence-electron chi connectivity index (χ2n) is 17.2. The number of fused-ring (bicyclic) bond motifs is 4. The van der Waals surface area contributed by atoms with Crippen LogP contribution in [0.25, 0.3) is 64.6 Å². The molecule has 6 heteroatoms. The number of halogens is 1. The summed E-state index contributed by atoms with van der Waals surface area (Å²) in [7, 11) is -1.39. The van der Waals surface area contributed by atoms with E-state index in [9.17, 15) is 4.39 Å². The Kier molecular flexibility index (Phi) is 12.6. The van der Waals surface area contributed by atoms with Crippen molar-refractivity contribution in [2.24, 2.45) is 11.3 Å². The molecule has 0 atom stereocenters. The van der Waals surface area contributed by atoms with Gasteiger partial charge in [0.25, 0.3) is 0 Å². The van der Waals surface area contributed by atoms with Crippen molar-refractivity contribution in [2.45, 2.75) is 67.1 Å². The van der Waals surface area contributed by atoms with E-state index in [2.05, 4.69) is 156 Å². The second kappa shape index (κ2) is 17.0. The van der Waals surface area contributed by atoms with Gasteiger partial charge in [0.05, 0.1) is 8.07 Å². The van der Waals surface area contributed by atoms with Gasteiger partial charge >= 0.3 is 0 Å². The molecule has 0 saturated carbocycles. The van der Waals surface area contributed by atoms with Crippen molar-refractivity contribution in [3.05, 3.63) is 151 Å². The van der Waals surface area contributed by atoms with Crippen LogP contribution < -0.4 is 5.19 Å². The minimum atomic E-state index is -1.39. The van der Waals surface area contributed by atoms with Gasteiger partial charge in [0.2, 0.25) is 0 Å². The first-order valence-electron chi connectivity index (χ1n) is 19.2. The van der Waals surface area contributed by atoms with Gasteiger partial charge < -0.3 is 9.97 Å². The van der Waals surface area contributed by atoms with E-state index in [1.165, 1.54) is 53.3 Å². The number of hydrogen-bond donors (Lipinski definition) is 0. The molecule has 8 rings (SSSR count). The molecular formula is C50H49FIrN2SSi-2. The molecule has 287 valence electrons. The molecule has 0 aliphatic carbocycles. The molecule has 0 spiro atoms. The monoisotopic (exact) mass is 949 g/mol. The Labute approximate surface area is 350 Å². The van der Waals surface area contributed by atoms with Gasteiger partial charge in [-0.2, -0.15) is 11.3 Å². The summed E-state index contributed by atoms with van der Waals surface area (Å²) in [4.78, 5) is 9.45. The molecule has 2 nitrogen and oxygen atoms in total. The Balaban J connectivity index is 0.000000193. The summed E-state index contributed by atoms with van der Waals surface area (Å²) in [6.45, 7) is 18.5. The van der Waals surface area contributed by atoms with E-state index >= 15 is 0 Å². The van der Waals surface area contributed by atoms with Gasteiger partial charge in [0.15, 0.2) is 0 Å². The Morgan fingerprint density at radius 1 is 0.750 bits per heavy atom. The molecule has 3 heterocycles. The van der Waals surface area contributed by atoms with Gasteiger partial charge in [-0.15, -0.1) is 52.9 Å². The molecule has 0 bridgehead atoms. The van der Waals surface area contributed by atoms with Crippen molar-refractivity contribution in [2.75, 3.05) is 0 Å². The SMILES string of the molecule is CC(C)(C)Cc1ccnc(-c2[c-]cc3sc4cc(-c5cccc(F)c5)ccc4c3c2)c1.CC(C)Cc1cc(-c2[c-]ccc3ccccc23)ncc1[Si](C)(C)C.[Ir]. The zero-order valence-electron chi connectivity index (χ0n) is 33.6. The predicted octanol–water partition coefficient (Wildman–Crippen LogP) is 13.8. The summed E-state index contributed by atoms with van der Waals surface area (Å²) in [6, 6.07) is 43.4. The number of nitrogens with zero attached hydrogens (tertiary/aromatic N) is 2. The minimum absolute atomic E-state index is 0. The summed E-state index contributed by atoms with van der Waals surface area (Å²) in [6.07, 6.45) is 6.15. The first kappa shape index (κ1) is 41.3. The smallest absolute Gasteiger partial charge is 0.123 e. The fourth-order valence-corrected chi connectivity index (χ4v) is 10.0. The maximum Gasteiger partial charge on any atom is 0.123 e. The number of pyridine rings is 2. The van der Waals surface area contributed by atoms with E-state index in [1.807, 2.05) is 18.3 Å². The summed E-state index contributed by atoms with van der Waals surface area (Å²) in [5.74, 6) is 0.432. The van der Waals surface area contributed by atoms with Crippen LogP contribution in [0.3, 0.4) is 0 Å². The van der Waals surface area contributed by atoms with Crippen LogP contribution >= 0.6 is 11.3 Å². The van der Waals surface area contributed by atoms with Crippen molar-refractivity contribution in [1.82, 2.24) is 9.97 Å². The molecule has 0 amide bonds. The summed E-state index contributed by atoms with van der Waals surface area (Å²) >= 11 is 1.74. The van der Waals surface area contributed by atoms with E-state index in [4.69, 9.17) is 4.98 Å². The molecular weight excluding hydrogens is 900 g/mol. The van der Waals surface area contributed by atoms with Crippen molar-refractivity contribution >= 4 is 55.5 Å². The Hall–Kier alpha value is -4.32. The molecule has 0 unspecified atom stereocenters. The molecule has 56 heavy (non-hydrogen) atoms. The van der Waals surface area contributed by atoms with Crippen LogP contribution in [0.15, 0.2) is 122 Å². The van der Waals surface area contributed by atoms with Crippen molar-refractivity contribution in [3.63, 3.8) is 0 Å². The summed E-state index contributed by atoms with van der Waals surface area (Å²) in [5, 5.41) is 6.38. The zero-order chi connectivity index (χ0) is 38.9. The van der Waals surface area contributed by atoms with Crippen LogP contribution in [0, 0.1) is 29.3 Å². The van der Waals surface area contributed by atoms with Gasteiger partial charge in [-0.05, 0) is 86.2 Å². The molecule has 0 aliphatic rings. The minimum Gasteiger partial charge on any atom is -0.305 e. The first-order chi connectivity index (χ1) is 26.2. The van der Waals surface area contributed by atoms with Crippen molar-refractivity contribution < 1.29 is 24.5 Å². The van der Waals surface area contributed by atoms with E-state index in [0.29, 0.717) is 5.92 Å². The van der Waals surface area contributed by atoms with Crippen LogP contribution in [-0.4, -0.2) is 18.0 Å². The van der Waals surface area contributed by atoms with Gasteiger partial charge in [-0.3, -0.25) is 0 Å². The van der Waals surface area contributed by atoms with E-state index in [0.717, 1.165) is 46.5 Å². The van der Waals surface area contributed by atoms with Crippen LogP contribution in [-0.2, 0) is 32.9 Å². The third-order valence-electron chi connectivity index (χ3n) is 9.80. The Morgan fingerprint density at radius 2 is 1.54 bits per heavy atom. The maximum atomic E-state index is 13.7. The quantitative estimate of drug-likeness (QED) is 0.118. The average Bonchev–Trinajstić information content (AvgIpc) is 3.51. The Morgan fingerprint density at radius 3 is 2.29 bits per heavy atom. The molecule has 1 radical (unpaired) electrons. The van der Waals surface area contributed by atoms with Crippen molar-refractivity contribution in [1.29, 1.82) is 0 Å². The third kappa shape index (κ3) is 9.61. The number of rotatable bonds is 7. The molecule has 0 fully saturated rings. The third-order valence-corrected chi connectivity index (χ3v) is 13.0. The normalized spacial score (nSPS) is 11.8. The van der Waals surface area contributed by atoms with Crippen LogP contribution in [0.2, 0.25) is 19.6 Å². The fraction of sp³-hybridized carbons (Fsp3) is 0.240. The maximum absolute atomic E-state index is 13.7. The number of aromatic nitrogens is 2. The predicted molar refractivity (Wildman–Crippen MR) is 237 cm³/mol.